The minimum absolute atomic E-state index is 0.0297. The van der Waals surface area contributed by atoms with Crippen LogP contribution in [0.2, 0.25) is 5.02 Å². The number of carbonyl (C=O) groups excluding carboxylic acids is 1. The molecule has 68 heavy (non-hydrogen) atoms. The Kier molecular flexibility index (Phi) is 15.9. The van der Waals surface area contributed by atoms with Crippen LogP contribution in [-0.4, -0.2) is 143 Å². The number of ether oxygens (including phenoxy) is 4. The number of para-hydroxylation sites is 1. The third kappa shape index (κ3) is 12.3. The maximum atomic E-state index is 14.1. The average molecular weight is 974 g/mol. The first-order valence-electron chi connectivity index (χ1n) is 23.0. The molecule has 1 aromatic heterocycles. The van der Waals surface area contributed by atoms with Gasteiger partial charge in [-0.1, -0.05) is 49.2 Å². The standard InChI is InChI=1S/C49H61ClN8O9S/c1-49(2)16-15-35(41(29-49)34-7-9-36(50)10-8-34)31-55-17-19-57(20-18-55)37-11-13-40(46(27-37)67-45-6-4-5-43-47(45)53-33-52-43)48(59)54-68(62,63)39-12-14-42(44(28-39)58(60)61)51-30-38-32-56(22-24-66-38)21-23-65-26-25-64-3/h4-14,27-28,33,38,51,60-61H,15-26,29-32H2,1-3H3,(H,52,53)(H,54,59)/t38-/m1/s1. The molecule has 1 atom stereocenters. The minimum Gasteiger partial charge on any atom is -0.454 e. The van der Waals surface area contributed by atoms with Crippen LogP contribution in [0.25, 0.3) is 16.6 Å². The molecule has 5 N–H and O–H groups in total. The van der Waals surface area contributed by atoms with E-state index in [0.29, 0.717) is 50.8 Å². The average Bonchev–Trinajstić information content (AvgIpc) is 3.82. The predicted octanol–water partition coefficient (Wildman–Crippen LogP) is 7.27. The van der Waals surface area contributed by atoms with Gasteiger partial charge in [-0.15, -0.1) is 5.23 Å². The van der Waals surface area contributed by atoms with Crippen molar-refractivity contribution < 1.29 is 42.6 Å². The summed E-state index contributed by atoms with van der Waals surface area (Å²) in [6, 6.07) is 22.4. The van der Waals surface area contributed by atoms with Gasteiger partial charge in [0.15, 0.2) is 5.75 Å². The zero-order valence-corrected chi connectivity index (χ0v) is 40.3. The zero-order valence-electron chi connectivity index (χ0n) is 38.7. The molecule has 2 saturated heterocycles. The number of hydrogen-bond acceptors (Lipinski definition) is 15. The van der Waals surface area contributed by atoms with Crippen molar-refractivity contribution in [1.82, 2.24) is 24.5 Å². The highest BCUT2D eigenvalue weighted by Gasteiger charge is 2.31. The van der Waals surface area contributed by atoms with E-state index >= 15 is 0 Å². The number of nitrogens with zero attached hydrogens (tertiary/aromatic N) is 5. The molecule has 2 aliphatic heterocycles. The fourth-order valence-electron chi connectivity index (χ4n) is 9.02. The Labute approximate surface area is 402 Å². The highest BCUT2D eigenvalue weighted by atomic mass is 35.5. The third-order valence-electron chi connectivity index (χ3n) is 12.8. The van der Waals surface area contributed by atoms with Crippen molar-refractivity contribution in [2.45, 2.75) is 44.1 Å². The van der Waals surface area contributed by atoms with Gasteiger partial charge in [-0.05, 0) is 90.4 Å². The normalized spacial score (nSPS) is 18.2. The Hall–Kier alpha value is -5.28. The van der Waals surface area contributed by atoms with Crippen molar-refractivity contribution in [3.8, 4) is 11.5 Å². The summed E-state index contributed by atoms with van der Waals surface area (Å²) < 4.78 is 52.9. The van der Waals surface area contributed by atoms with Crippen molar-refractivity contribution in [1.29, 1.82) is 0 Å². The molecule has 2 fully saturated rings. The van der Waals surface area contributed by atoms with Crippen molar-refractivity contribution in [2.24, 2.45) is 5.41 Å². The maximum Gasteiger partial charge on any atom is 0.268 e. The van der Waals surface area contributed by atoms with E-state index in [1.54, 1.807) is 43.8 Å². The molecule has 1 amide bonds. The summed E-state index contributed by atoms with van der Waals surface area (Å²) in [5, 5.41) is 24.1. The van der Waals surface area contributed by atoms with Crippen molar-refractivity contribution in [2.75, 3.05) is 108 Å². The number of benzene rings is 4. The lowest BCUT2D eigenvalue weighted by Crippen LogP contribution is -2.47. The summed E-state index contributed by atoms with van der Waals surface area (Å²) >= 11 is 6.26. The van der Waals surface area contributed by atoms with Gasteiger partial charge in [0.05, 0.1) is 60.5 Å². The molecular formula is C49H61ClN8O9S. The number of rotatable bonds is 19. The second-order valence-electron chi connectivity index (χ2n) is 18.2. The molecule has 0 spiro atoms. The molecule has 364 valence electrons. The number of aromatic nitrogens is 2. The highest BCUT2D eigenvalue weighted by Crippen LogP contribution is 2.43. The Bertz CT molecular complexity index is 2670. The Balaban J connectivity index is 0.962. The summed E-state index contributed by atoms with van der Waals surface area (Å²) in [5.41, 5.74) is 6.36. The molecule has 0 bridgehead atoms. The van der Waals surface area contributed by atoms with E-state index in [-0.39, 0.29) is 44.3 Å². The van der Waals surface area contributed by atoms with Gasteiger partial charge in [0, 0.05) is 82.8 Å². The summed E-state index contributed by atoms with van der Waals surface area (Å²) in [4.78, 5) is 28.1. The summed E-state index contributed by atoms with van der Waals surface area (Å²) in [6.07, 6.45) is 4.50. The van der Waals surface area contributed by atoms with Gasteiger partial charge >= 0.3 is 0 Å². The molecule has 3 aliphatic rings. The number of allylic oxidation sites excluding steroid dienone is 1. The van der Waals surface area contributed by atoms with Crippen LogP contribution >= 0.6 is 11.6 Å². The number of methoxy groups -OCH3 is 1. The van der Waals surface area contributed by atoms with Crippen LogP contribution in [0.3, 0.4) is 0 Å². The van der Waals surface area contributed by atoms with E-state index in [2.05, 4.69) is 60.7 Å². The van der Waals surface area contributed by atoms with Crippen molar-refractivity contribution in [3.63, 3.8) is 0 Å². The fraction of sp³-hybridized carbons (Fsp3) is 0.429. The second-order valence-corrected chi connectivity index (χ2v) is 20.3. The molecule has 17 nitrogen and oxygen atoms in total. The number of morpholine rings is 1. The maximum absolute atomic E-state index is 14.1. The molecular weight excluding hydrogens is 912 g/mol. The fourth-order valence-corrected chi connectivity index (χ4v) is 10.1. The number of nitrogens with one attached hydrogen (secondary N) is 3. The SMILES string of the molecule is COCCOCCN1CCO[C@H](CNc2ccc(S(=O)(=O)NC(=O)c3ccc(N4CCN(CC5=C(c6ccc(Cl)cc6)CC(C)(C)CC5)CC4)cc3Oc3cccc4[nH]cnc34)cc2N(O)O)C1. The topological polar surface area (TPSA) is 194 Å². The summed E-state index contributed by atoms with van der Waals surface area (Å²) in [7, 11) is -2.93. The number of carbonyl (C=O) groups is 1. The van der Waals surface area contributed by atoms with Crippen molar-refractivity contribution >= 4 is 61.2 Å². The minimum atomic E-state index is -4.56. The lowest BCUT2D eigenvalue weighted by Gasteiger charge is -2.39. The molecule has 5 aromatic rings. The molecule has 1 aliphatic carbocycles. The number of amides is 1. The van der Waals surface area contributed by atoms with Crippen LogP contribution in [0.1, 0.15) is 49.0 Å². The first-order valence-corrected chi connectivity index (χ1v) is 24.8. The number of aromatic amines is 1. The van der Waals surface area contributed by atoms with Crippen LogP contribution in [0, 0.1) is 5.41 Å². The number of piperazine rings is 1. The molecule has 0 saturated carbocycles. The van der Waals surface area contributed by atoms with Gasteiger partial charge in [0.2, 0.25) is 0 Å². The Morgan fingerprint density at radius 3 is 2.56 bits per heavy atom. The van der Waals surface area contributed by atoms with Gasteiger partial charge in [-0.3, -0.25) is 25.0 Å². The first kappa shape index (κ1) is 49.2. The number of H-pyrrole nitrogens is 1. The van der Waals surface area contributed by atoms with E-state index in [1.165, 1.54) is 28.8 Å². The number of sulfonamides is 1. The lowest BCUT2D eigenvalue weighted by atomic mass is 9.72. The van der Waals surface area contributed by atoms with Crippen molar-refractivity contribution in [3.05, 3.63) is 107 Å². The number of hydrogen-bond donors (Lipinski definition) is 5. The highest BCUT2D eigenvalue weighted by molar-refractivity contribution is 7.90. The lowest BCUT2D eigenvalue weighted by molar-refractivity contribution is -0.0316. The van der Waals surface area contributed by atoms with E-state index in [4.69, 9.17) is 30.5 Å². The largest absolute Gasteiger partial charge is 0.454 e. The van der Waals surface area contributed by atoms with Gasteiger partial charge in [0.1, 0.15) is 17.0 Å². The molecule has 0 radical (unpaired) electrons. The molecule has 0 unspecified atom stereocenters. The quantitative estimate of drug-likeness (QED) is 0.0409. The van der Waals surface area contributed by atoms with E-state index in [0.717, 1.165) is 87.4 Å². The van der Waals surface area contributed by atoms with E-state index < -0.39 is 15.9 Å². The molecule has 4 aromatic carbocycles. The van der Waals surface area contributed by atoms with Crippen LogP contribution in [0.4, 0.5) is 17.1 Å². The Morgan fingerprint density at radius 2 is 1.78 bits per heavy atom. The third-order valence-corrected chi connectivity index (χ3v) is 14.4. The molecule has 3 heterocycles. The number of anilines is 3. The summed E-state index contributed by atoms with van der Waals surface area (Å²) in [5.74, 6) is -0.433. The zero-order chi connectivity index (χ0) is 47.8. The van der Waals surface area contributed by atoms with Crippen LogP contribution < -0.4 is 24.9 Å². The molecule has 19 heteroatoms. The van der Waals surface area contributed by atoms with Gasteiger partial charge in [0.25, 0.3) is 15.9 Å². The smallest absolute Gasteiger partial charge is 0.268 e. The van der Waals surface area contributed by atoms with Gasteiger partial charge < -0.3 is 34.1 Å². The predicted molar refractivity (Wildman–Crippen MR) is 262 cm³/mol. The van der Waals surface area contributed by atoms with Crippen LogP contribution in [-0.2, 0) is 24.2 Å². The number of fused-ring (bicyclic) bond motifs is 1. The monoisotopic (exact) mass is 972 g/mol. The second kappa shape index (κ2) is 22.0. The number of imidazole rings is 1. The van der Waals surface area contributed by atoms with E-state index in [9.17, 15) is 23.6 Å². The first-order chi connectivity index (χ1) is 32.7. The van der Waals surface area contributed by atoms with Crippen LogP contribution in [0.5, 0.6) is 11.5 Å². The van der Waals surface area contributed by atoms with Gasteiger partial charge in [-0.25, -0.2) is 18.1 Å². The van der Waals surface area contributed by atoms with E-state index in [1.807, 2.05) is 18.2 Å². The van der Waals surface area contributed by atoms with Gasteiger partial charge in [-0.2, -0.15) is 0 Å². The summed E-state index contributed by atoms with van der Waals surface area (Å²) in [6.45, 7) is 13.1. The Morgan fingerprint density at radius 1 is 0.971 bits per heavy atom. The number of halogens is 1. The molecule has 8 rings (SSSR count). The van der Waals surface area contributed by atoms with Crippen LogP contribution in [0.15, 0.2) is 95.7 Å².